The van der Waals surface area contributed by atoms with E-state index in [1.165, 1.54) is 37.8 Å². The quantitative estimate of drug-likeness (QED) is 0.445. The molecular formula is C26H25ClN2O8. The Labute approximate surface area is 216 Å². The van der Waals surface area contributed by atoms with Crippen molar-refractivity contribution in [3.05, 3.63) is 70.8 Å². The van der Waals surface area contributed by atoms with Crippen molar-refractivity contribution in [3.8, 4) is 0 Å². The van der Waals surface area contributed by atoms with Crippen LogP contribution in [0.2, 0.25) is 5.02 Å². The van der Waals surface area contributed by atoms with Crippen LogP contribution in [0.4, 0.5) is 0 Å². The van der Waals surface area contributed by atoms with Gasteiger partial charge in [0.1, 0.15) is 6.10 Å². The number of ether oxygens (including phenoxy) is 3. The van der Waals surface area contributed by atoms with Gasteiger partial charge >= 0.3 is 17.9 Å². The Hall–Kier alpha value is -3.47. The zero-order valence-corrected chi connectivity index (χ0v) is 20.6. The molecule has 1 saturated heterocycles. The van der Waals surface area contributed by atoms with E-state index in [1.54, 1.807) is 18.2 Å². The third-order valence-electron chi connectivity index (χ3n) is 7.74. The van der Waals surface area contributed by atoms with Gasteiger partial charge in [-0.3, -0.25) is 14.4 Å². The number of hydrogen-bond donors (Lipinski definition) is 2. The summed E-state index contributed by atoms with van der Waals surface area (Å²) in [5.74, 6) is -6.57. The Bertz CT molecular complexity index is 1310. The fourth-order valence-corrected chi connectivity index (χ4v) is 6.18. The second-order valence-corrected chi connectivity index (χ2v) is 10.1. The van der Waals surface area contributed by atoms with Gasteiger partial charge in [-0.25, -0.2) is 4.79 Å². The van der Waals surface area contributed by atoms with Gasteiger partial charge in [0.05, 0.1) is 48.0 Å². The number of Topliss-reactive ketones (excluding diaryl/α,β-unsaturated/α-hetero) is 1. The van der Waals surface area contributed by atoms with Gasteiger partial charge in [0.2, 0.25) is 5.78 Å². The smallest absolute Gasteiger partial charge is 0.345 e. The third-order valence-corrected chi connectivity index (χ3v) is 8.07. The van der Waals surface area contributed by atoms with E-state index in [4.69, 9.17) is 41.7 Å². The highest BCUT2D eigenvalue weighted by atomic mass is 35.5. The predicted molar refractivity (Wildman–Crippen MR) is 128 cm³/mol. The summed E-state index contributed by atoms with van der Waals surface area (Å²) < 4.78 is 21.2. The first-order chi connectivity index (χ1) is 17.6. The SMILES string of the molecule is COC(=O)[C@@H]1C=C(OC(=O)c2ccccc2Cl)C(=O)[C@H]2[C@@]1(N)CC[C@H]1C(=O)O[C@H](c3ccoc3)C[C@]21N. The maximum atomic E-state index is 14.0. The van der Waals surface area contributed by atoms with Gasteiger partial charge in [-0.1, -0.05) is 23.7 Å². The molecule has 4 N–H and O–H groups in total. The van der Waals surface area contributed by atoms with Crippen molar-refractivity contribution >= 4 is 35.3 Å². The van der Waals surface area contributed by atoms with E-state index in [2.05, 4.69) is 0 Å². The van der Waals surface area contributed by atoms with Crippen molar-refractivity contribution < 1.29 is 37.8 Å². The molecule has 0 bridgehead atoms. The highest BCUT2D eigenvalue weighted by molar-refractivity contribution is 6.33. The Morgan fingerprint density at radius 3 is 2.57 bits per heavy atom. The number of rotatable bonds is 4. The van der Waals surface area contributed by atoms with Crippen molar-refractivity contribution in [2.24, 2.45) is 29.2 Å². The number of halogens is 1. The summed E-state index contributed by atoms with van der Waals surface area (Å²) >= 11 is 6.12. The van der Waals surface area contributed by atoms with Crippen molar-refractivity contribution in [2.75, 3.05) is 7.11 Å². The lowest BCUT2D eigenvalue weighted by Gasteiger charge is -2.58. The van der Waals surface area contributed by atoms with Crippen LogP contribution in [0.3, 0.4) is 0 Å². The molecule has 2 fully saturated rings. The average Bonchev–Trinajstić information content (AvgIpc) is 3.40. The Morgan fingerprint density at radius 2 is 1.89 bits per heavy atom. The molecule has 1 aromatic heterocycles. The highest BCUT2D eigenvalue weighted by Gasteiger charge is 2.67. The molecule has 194 valence electrons. The van der Waals surface area contributed by atoms with Crippen LogP contribution in [0.5, 0.6) is 0 Å². The van der Waals surface area contributed by atoms with Gasteiger partial charge in [-0.2, -0.15) is 0 Å². The molecule has 11 heteroatoms. The topological polar surface area (TPSA) is 161 Å². The molecule has 1 saturated carbocycles. The van der Waals surface area contributed by atoms with E-state index in [0.717, 1.165) is 0 Å². The van der Waals surface area contributed by atoms with Gasteiger partial charge in [0.25, 0.3) is 0 Å². The van der Waals surface area contributed by atoms with Gasteiger partial charge in [0.15, 0.2) is 5.76 Å². The van der Waals surface area contributed by atoms with Crippen LogP contribution in [0.15, 0.2) is 59.1 Å². The number of furan rings is 1. The molecule has 3 aliphatic rings. The molecule has 0 spiro atoms. The monoisotopic (exact) mass is 528 g/mol. The lowest BCUT2D eigenvalue weighted by atomic mass is 9.50. The summed E-state index contributed by atoms with van der Waals surface area (Å²) in [4.78, 5) is 52.9. The molecule has 1 aromatic carbocycles. The molecule has 0 unspecified atom stereocenters. The van der Waals surface area contributed by atoms with Crippen LogP contribution in [0.1, 0.15) is 41.3 Å². The fourth-order valence-electron chi connectivity index (χ4n) is 5.97. The van der Waals surface area contributed by atoms with Crippen molar-refractivity contribution in [1.82, 2.24) is 0 Å². The van der Waals surface area contributed by atoms with E-state index >= 15 is 0 Å². The minimum atomic E-state index is -1.51. The van der Waals surface area contributed by atoms with Gasteiger partial charge in [0, 0.05) is 23.1 Å². The first kappa shape index (κ1) is 25.2. The minimum absolute atomic E-state index is 0.0299. The Kier molecular flexibility index (Phi) is 6.21. The standard InChI is InChI=1S/C26H25ClN2O8/c1-34-23(32)16-10-18(36-22(31)14-4-2-3-5-17(14)27)20(30)21-25(16,28)8-6-15-24(33)37-19(11-26(15,21)29)13-7-9-35-12-13/h2-5,7,9-10,12,15-16,19,21H,6,8,11,28-29H2,1H3/t15-,16-,19-,21-,25+,26+/m0/s1. The zero-order valence-electron chi connectivity index (χ0n) is 19.8. The van der Waals surface area contributed by atoms with Crippen LogP contribution in [-0.2, 0) is 28.6 Å². The number of carbonyl (C=O) groups excluding carboxylic acids is 4. The van der Waals surface area contributed by atoms with Gasteiger partial charge < -0.3 is 30.1 Å². The van der Waals surface area contributed by atoms with Crippen LogP contribution in [-0.4, -0.2) is 41.9 Å². The Morgan fingerprint density at radius 1 is 1.14 bits per heavy atom. The maximum Gasteiger partial charge on any atom is 0.345 e. The fraction of sp³-hybridized carbons (Fsp3) is 0.385. The number of esters is 3. The first-order valence-corrected chi connectivity index (χ1v) is 12.1. The zero-order chi connectivity index (χ0) is 26.5. The van der Waals surface area contributed by atoms with Gasteiger partial charge in [-0.05, 0) is 37.1 Å². The lowest BCUT2D eigenvalue weighted by Crippen LogP contribution is -2.76. The molecular weight excluding hydrogens is 504 g/mol. The first-order valence-electron chi connectivity index (χ1n) is 11.7. The number of ketones is 1. The molecule has 2 aliphatic carbocycles. The van der Waals surface area contributed by atoms with Crippen LogP contribution in [0, 0.1) is 17.8 Å². The second-order valence-electron chi connectivity index (χ2n) is 9.70. The number of carbonyl (C=O) groups is 4. The molecule has 0 radical (unpaired) electrons. The van der Waals surface area contributed by atoms with E-state index < -0.39 is 64.4 Å². The molecule has 6 atom stereocenters. The minimum Gasteiger partial charge on any atom is -0.472 e. The average molecular weight is 529 g/mol. The number of nitrogens with two attached hydrogens (primary N) is 2. The van der Waals surface area contributed by atoms with E-state index in [-0.39, 0.29) is 29.8 Å². The summed E-state index contributed by atoms with van der Waals surface area (Å²) in [5, 5.41) is 0.125. The van der Waals surface area contributed by atoms with E-state index in [9.17, 15) is 19.2 Å². The summed E-state index contributed by atoms with van der Waals surface area (Å²) in [6.07, 6.45) is 3.62. The van der Waals surface area contributed by atoms with E-state index in [1.807, 2.05) is 0 Å². The number of hydrogen-bond acceptors (Lipinski definition) is 10. The molecule has 37 heavy (non-hydrogen) atoms. The van der Waals surface area contributed by atoms with Crippen LogP contribution < -0.4 is 11.5 Å². The lowest BCUT2D eigenvalue weighted by molar-refractivity contribution is -0.179. The summed E-state index contributed by atoms with van der Waals surface area (Å²) in [6.45, 7) is 0. The summed E-state index contributed by atoms with van der Waals surface area (Å²) in [6, 6.07) is 7.81. The van der Waals surface area contributed by atoms with E-state index in [0.29, 0.717) is 5.56 Å². The Balaban J connectivity index is 1.58. The number of cyclic esters (lactones) is 1. The number of fused-ring (bicyclic) bond motifs is 3. The summed E-state index contributed by atoms with van der Waals surface area (Å²) in [5.41, 5.74) is 11.4. The molecule has 0 amide bonds. The maximum absolute atomic E-state index is 14.0. The molecule has 2 aromatic rings. The number of allylic oxidation sites excluding steroid dienone is 1. The largest absolute Gasteiger partial charge is 0.472 e. The predicted octanol–water partition coefficient (Wildman–Crippen LogP) is 2.45. The van der Waals surface area contributed by atoms with Crippen molar-refractivity contribution in [2.45, 2.75) is 36.4 Å². The second kappa shape index (κ2) is 9.13. The molecule has 10 nitrogen and oxygen atoms in total. The van der Waals surface area contributed by atoms with Crippen LogP contribution in [0.25, 0.3) is 0 Å². The number of benzene rings is 1. The molecule has 1 aliphatic heterocycles. The van der Waals surface area contributed by atoms with Gasteiger partial charge in [-0.15, -0.1) is 0 Å². The highest BCUT2D eigenvalue weighted by Crippen LogP contribution is 2.55. The summed E-state index contributed by atoms with van der Waals surface area (Å²) in [7, 11) is 1.19. The van der Waals surface area contributed by atoms with Crippen LogP contribution >= 0.6 is 11.6 Å². The third kappa shape index (κ3) is 3.96. The molecule has 5 rings (SSSR count). The van der Waals surface area contributed by atoms with Crippen molar-refractivity contribution in [3.63, 3.8) is 0 Å². The normalized spacial score (nSPS) is 32.9. The number of methoxy groups -OCH3 is 1. The van der Waals surface area contributed by atoms with Crippen molar-refractivity contribution in [1.29, 1.82) is 0 Å². The molecule has 2 heterocycles.